The lowest BCUT2D eigenvalue weighted by Gasteiger charge is -2.24. The fourth-order valence-electron chi connectivity index (χ4n) is 1.86. The molecule has 0 spiro atoms. The highest BCUT2D eigenvalue weighted by Crippen LogP contribution is 2.20. The van der Waals surface area contributed by atoms with Crippen LogP contribution in [0.5, 0.6) is 0 Å². The van der Waals surface area contributed by atoms with Crippen LogP contribution in [0.4, 0.5) is 0 Å². The lowest BCUT2D eigenvalue weighted by molar-refractivity contribution is 0.262. The van der Waals surface area contributed by atoms with Crippen LogP contribution in [0.2, 0.25) is 0 Å². The summed E-state index contributed by atoms with van der Waals surface area (Å²) in [6, 6.07) is 0.304. The van der Waals surface area contributed by atoms with E-state index in [0.29, 0.717) is 12.6 Å². The molecule has 0 aliphatic carbocycles. The van der Waals surface area contributed by atoms with Crippen LogP contribution in [0, 0.1) is 0 Å². The predicted molar refractivity (Wildman–Crippen MR) is 55.7 cm³/mol. The number of nitrogens with two attached hydrogens (primary N) is 1. The molecular weight excluding hydrogens is 176 g/mol. The van der Waals surface area contributed by atoms with Crippen LogP contribution in [-0.2, 0) is 7.05 Å². The minimum atomic E-state index is 0.304. The highest BCUT2D eigenvalue weighted by Gasteiger charge is 2.20. The summed E-state index contributed by atoms with van der Waals surface area (Å²) in [7, 11) is 1.93. The summed E-state index contributed by atoms with van der Waals surface area (Å²) in [6.45, 7) is 2.64. The van der Waals surface area contributed by atoms with Gasteiger partial charge in [-0.2, -0.15) is 5.10 Å². The molecule has 0 amide bonds. The summed E-state index contributed by atoms with van der Waals surface area (Å²) < 4.78 is 1.82. The van der Waals surface area contributed by atoms with Crippen LogP contribution >= 0.6 is 0 Å². The Bertz CT molecular complexity index is 321. The van der Waals surface area contributed by atoms with Crippen LogP contribution in [0.3, 0.4) is 0 Å². The first kappa shape index (κ1) is 9.43. The van der Waals surface area contributed by atoms with Gasteiger partial charge >= 0.3 is 0 Å². The molecule has 0 saturated carbocycles. The monoisotopic (exact) mass is 192 g/mol. The summed E-state index contributed by atoms with van der Waals surface area (Å²) in [5.41, 5.74) is 6.99. The zero-order valence-electron chi connectivity index (χ0n) is 8.43. The van der Waals surface area contributed by atoms with Crippen LogP contribution in [0.25, 0.3) is 0 Å². The molecule has 0 saturated heterocycles. The third-order valence-electron chi connectivity index (χ3n) is 2.62. The van der Waals surface area contributed by atoms with Gasteiger partial charge in [-0.3, -0.25) is 9.58 Å². The first-order valence-electron chi connectivity index (χ1n) is 4.89. The molecule has 1 aliphatic heterocycles. The number of hydrogen-bond acceptors (Lipinski definition) is 3. The molecule has 0 fully saturated rings. The molecule has 1 unspecified atom stereocenters. The van der Waals surface area contributed by atoms with Crippen molar-refractivity contribution < 1.29 is 0 Å². The second-order valence-corrected chi connectivity index (χ2v) is 3.62. The summed E-state index contributed by atoms with van der Waals surface area (Å²) in [4.78, 5) is 2.34. The Balaban J connectivity index is 2.12. The minimum absolute atomic E-state index is 0.304. The van der Waals surface area contributed by atoms with Gasteiger partial charge in [0.05, 0.1) is 12.2 Å². The smallest absolute Gasteiger partial charge is 0.0538 e. The Morgan fingerprint density at radius 3 is 2.71 bits per heavy atom. The van der Waals surface area contributed by atoms with E-state index in [0.717, 1.165) is 13.1 Å². The number of rotatable bonds is 3. The summed E-state index contributed by atoms with van der Waals surface area (Å²) >= 11 is 0. The second-order valence-electron chi connectivity index (χ2n) is 3.62. The fraction of sp³-hybridized carbons (Fsp3) is 0.500. The number of nitrogens with zero attached hydrogens (tertiary/aromatic N) is 3. The molecule has 2 N–H and O–H groups in total. The van der Waals surface area contributed by atoms with E-state index in [4.69, 9.17) is 5.73 Å². The maximum atomic E-state index is 5.79. The molecule has 1 aromatic heterocycles. The van der Waals surface area contributed by atoms with Gasteiger partial charge in [0.25, 0.3) is 0 Å². The van der Waals surface area contributed by atoms with E-state index in [-0.39, 0.29) is 0 Å². The highest BCUT2D eigenvalue weighted by molar-refractivity contribution is 5.13. The van der Waals surface area contributed by atoms with Crippen molar-refractivity contribution in [2.45, 2.75) is 6.04 Å². The minimum Gasteiger partial charge on any atom is -0.329 e. The van der Waals surface area contributed by atoms with E-state index in [1.807, 2.05) is 24.1 Å². The molecule has 1 atom stereocenters. The topological polar surface area (TPSA) is 47.1 Å². The molecule has 4 heteroatoms. The molecule has 76 valence electrons. The quantitative estimate of drug-likeness (QED) is 0.700. The molecule has 2 rings (SSSR count). The zero-order chi connectivity index (χ0) is 9.97. The van der Waals surface area contributed by atoms with E-state index >= 15 is 0 Å². The van der Waals surface area contributed by atoms with Gasteiger partial charge in [0, 0.05) is 38.4 Å². The van der Waals surface area contributed by atoms with Crippen molar-refractivity contribution in [1.29, 1.82) is 0 Å². The van der Waals surface area contributed by atoms with Crippen molar-refractivity contribution in [3.05, 3.63) is 30.1 Å². The Kier molecular flexibility index (Phi) is 2.65. The number of aryl methyl sites for hydroxylation is 1. The third kappa shape index (κ3) is 1.71. The lowest BCUT2D eigenvalue weighted by Crippen LogP contribution is -2.31. The van der Waals surface area contributed by atoms with Crippen LogP contribution < -0.4 is 5.73 Å². The van der Waals surface area contributed by atoms with Crippen molar-refractivity contribution in [2.75, 3.05) is 19.6 Å². The van der Waals surface area contributed by atoms with Crippen molar-refractivity contribution in [3.8, 4) is 0 Å². The van der Waals surface area contributed by atoms with Crippen molar-refractivity contribution in [3.63, 3.8) is 0 Å². The summed E-state index contributed by atoms with van der Waals surface area (Å²) in [6.07, 6.45) is 8.30. The Morgan fingerprint density at radius 2 is 2.21 bits per heavy atom. The van der Waals surface area contributed by atoms with Crippen LogP contribution in [0.15, 0.2) is 24.5 Å². The maximum Gasteiger partial charge on any atom is 0.0538 e. The zero-order valence-corrected chi connectivity index (χ0v) is 8.43. The molecular formula is C10H16N4. The van der Waals surface area contributed by atoms with Gasteiger partial charge in [-0.25, -0.2) is 0 Å². The maximum absolute atomic E-state index is 5.79. The Morgan fingerprint density at radius 1 is 1.50 bits per heavy atom. The largest absolute Gasteiger partial charge is 0.329 e. The van der Waals surface area contributed by atoms with Gasteiger partial charge in [0.15, 0.2) is 0 Å². The number of hydrogen-bond donors (Lipinski definition) is 1. The molecule has 0 bridgehead atoms. The molecule has 2 heterocycles. The molecule has 14 heavy (non-hydrogen) atoms. The summed E-state index contributed by atoms with van der Waals surface area (Å²) in [5.74, 6) is 0. The van der Waals surface area contributed by atoms with Gasteiger partial charge in [0.1, 0.15) is 0 Å². The van der Waals surface area contributed by atoms with Gasteiger partial charge in [0.2, 0.25) is 0 Å². The third-order valence-corrected chi connectivity index (χ3v) is 2.62. The molecule has 0 radical (unpaired) electrons. The van der Waals surface area contributed by atoms with Crippen molar-refractivity contribution >= 4 is 0 Å². The highest BCUT2D eigenvalue weighted by atomic mass is 15.3. The predicted octanol–water partition coefficient (Wildman–Crippen LogP) is 0.292. The van der Waals surface area contributed by atoms with Gasteiger partial charge < -0.3 is 5.73 Å². The van der Waals surface area contributed by atoms with Gasteiger partial charge in [-0.15, -0.1) is 0 Å². The average Bonchev–Trinajstić information content (AvgIpc) is 2.79. The second kappa shape index (κ2) is 3.94. The van der Waals surface area contributed by atoms with E-state index in [9.17, 15) is 0 Å². The first-order chi connectivity index (χ1) is 6.81. The SMILES string of the molecule is Cn1cc(C(CN)N2CC=CC2)cn1. The van der Waals surface area contributed by atoms with Crippen LogP contribution in [-0.4, -0.2) is 34.3 Å². The standard InChI is InChI=1S/C10H16N4/c1-13-8-9(7-12-13)10(6-11)14-4-2-3-5-14/h2-3,7-8,10H,4-6,11H2,1H3. The molecule has 1 aliphatic rings. The Labute approximate surface area is 84.0 Å². The van der Waals surface area contributed by atoms with Crippen LogP contribution in [0.1, 0.15) is 11.6 Å². The summed E-state index contributed by atoms with van der Waals surface area (Å²) in [5, 5.41) is 4.17. The average molecular weight is 192 g/mol. The molecule has 0 aromatic carbocycles. The number of aromatic nitrogens is 2. The van der Waals surface area contributed by atoms with Gasteiger partial charge in [-0.1, -0.05) is 12.2 Å². The van der Waals surface area contributed by atoms with E-state index < -0.39 is 0 Å². The van der Waals surface area contributed by atoms with Crippen molar-refractivity contribution in [1.82, 2.24) is 14.7 Å². The first-order valence-corrected chi connectivity index (χ1v) is 4.89. The normalized spacial score (nSPS) is 19.0. The van der Waals surface area contributed by atoms with E-state index in [2.05, 4.69) is 22.2 Å². The molecule has 4 nitrogen and oxygen atoms in total. The lowest BCUT2D eigenvalue weighted by atomic mass is 10.1. The van der Waals surface area contributed by atoms with Gasteiger partial charge in [-0.05, 0) is 0 Å². The van der Waals surface area contributed by atoms with E-state index in [1.54, 1.807) is 0 Å². The van der Waals surface area contributed by atoms with E-state index in [1.165, 1.54) is 5.56 Å². The molecule has 1 aromatic rings. The fourth-order valence-corrected chi connectivity index (χ4v) is 1.86. The van der Waals surface area contributed by atoms with Crippen molar-refractivity contribution in [2.24, 2.45) is 12.8 Å². The Hall–Kier alpha value is -1.13.